The van der Waals surface area contributed by atoms with Crippen LogP contribution in [0, 0.1) is 0 Å². The number of hydrogen-bond donors (Lipinski definition) is 1. The second-order valence-electron chi connectivity index (χ2n) is 5.69. The van der Waals surface area contributed by atoms with E-state index in [0.29, 0.717) is 5.56 Å². The van der Waals surface area contributed by atoms with Gasteiger partial charge in [-0.1, -0.05) is 60.7 Å². The predicted octanol–water partition coefficient (Wildman–Crippen LogP) is 1.48. The Morgan fingerprint density at radius 1 is 0.920 bits per heavy atom. The third kappa shape index (κ3) is 4.04. The first-order valence-electron chi connectivity index (χ1n) is 7.72. The molecule has 0 aliphatic rings. The Morgan fingerprint density at radius 3 is 2.24 bits per heavy atom. The molecule has 6 heteroatoms. The van der Waals surface area contributed by atoms with E-state index in [1.807, 2.05) is 18.2 Å². The third-order valence-corrected chi connectivity index (χ3v) is 5.37. The van der Waals surface area contributed by atoms with Crippen molar-refractivity contribution in [1.29, 1.82) is 0 Å². The Hall–Kier alpha value is -2.70. The molecule has 0 saturated carbocycles. The summed E-state index contributed by atoms with van der Waals surface area (Å²) in [6.45, 7) is 0. The standard InChI is InChI=1S/C19H17NO4S/c21-19(22)18(12-14-6-2-1-3-7-14)20-25(23,24)17-11-10-15-8-4-5-9-16(15)13-17/h1-11,13,18,20H,12H2,(H,21,22)/p-1/t18-/m1/s1. The van der Waals surface area contributed by atoms with Gasteiger partial charge in [-0.2, -0.15) is 0 Å². The average molecular weight is 354 g/mol. The van der Waals surface area contributed by atoms with Crippen LogP contribution in [0.25, 0.3) is 10.8 Å². The fourth-order valence-electron chi connectivity index (χ4n) is 2.61. The van der Waals surface area contributed by atoms with Gasteiger partial charge < -0.3 is 9.90 Å². The SMILES string of the molecule is O=C([O-])[C@@H](Cc1ccccc1)NS(=O)(=O)c1ccc2ccccc2c1. The molecule has 0 bridgehead atoms. The Labute approximate surface area is 146 Å². The normalized spacial score (nSPS) is 12.8. The fraction of sp³-hybridized carbons (Fsp3) is 0.105. The van der Waals surface area contributed by atoms with Crippen molar-refractivity contribution in [3.05, 3.63) is 78.4 Å². The van der Waals surface area contributed by atoms with Crippen LogP contribution in [0.1, 0.15) is 5.56 Å². The summed E-state index contributed by atoms with van der Waals surface area (Å²) < 4.78 is 27.4. The third-order valence-electron chi connectivity index (χ3n) is 3.90. The van der Waals surface area contributed by atoms with Crippen LogP contribution in [0.4, 0.5) is 0 Å². The van der Waals surface area contributed by atoms with E-state index >= 15 is 0 Å². The lowest BCUT2D eigenvalue weighted by Crippen LogP contribution is -2.49. The van der Waals surface area contributed by atoms with Gasteiger partial charge in [0, 0.05) is 0 Å². The molecule has 1 atom stereocenters. The number of carboxylic acids is 1. The quantitative estimate of drug-likeness (QED) is 0.726. The van der Waals surface area contributed by atoms with E-state index in [4.69, 9.17) is 0 Å². The summed E-state index contributed by atoms with van der Waals surface area (Å²) >= 11 is 0. The molecule has 1 N–H and O–H groups in total. The Kier molecular flexibility index (Phi) is 4.83. The topological polar surface area (TPSA) is 86.3 Å². The molecule has 3 rings (SSSR count). The fourth-order valence-corrected chi connectivity index (χ4v) is 3.83. The van der Waals surface area contributed by atoms with Crippen molar-refractivity contribution in [2.45, 2.75) is 17.4 Å². The van der Waals surface area contributed by atoms with Crippen LogP contribution in [0.3, 0.4) is 0 Å². The number of benzene rings is 3. The van der Waals surface area contributed by atoms with E-state index in [2.05, 4.69) is 4.72 Å². The Balaban J connectivity index is 1.87. The van der Waals surface area contributed by atoms with E-state index in [1.165, 1.54) is 12.1 Å². The van der Waals surface area contributed by atoms with Gasteiger partial charge in [0.2, 0.25) is 10.0 Å². The Morgan fingerprint density at radius 2 is 1.56 bits per heavy atom. The van der Waals surface area contributed by atoms with Crippen molar-refractivity contribution in [1.82, 2.24) is 4.72 Å². The van der Waals surface area contributed by atoms with Gasteiger partial charge in [-0.3, -0.25) is 0 Å². The van der Waals surface area contributed by atoms with Crippen LogP contribution in [0.2, 0.25) is 0 Å². The molecule has 3 aromatic rings. The highest BCUT2D eigenvalue weighted by Crippen LogP contribution is 2.19. The van der Waals surface area contributed by atoms with E-state index in [9.17, 15) is 18.3 Å². The maximum absolute atomic E-state index is 12.6. The highest BCUT2D eigenvalue weighted by atomic mass is 32.2. The lowest BCUT2D eigenvalue weighted by Gasteiger charge is -2.20. The highest BCUT2D eigenvalue weighted by Gasteiger charge is 2.21. The molecule has 0 spiro atoms. The molecule has 25 heavy (non-hydrogen) atoms. The monoisotopic (exact) mass is 354 g/mol. The predicted molar refractivity (Wildman–Crippen MR) is 93.2 cm³/mol. The second-order valence-corrected chi connectivity index (χ2v) is 7.41. The number of sulfonamides is 1. The van der Waals surface area contributed by atoms with Crippen molar-refractivity contribution >= 4 is 26.8 Å². The molecule has 0 aromatic heterocycles. The lowest BCUT2D eigenvalue weighted by molar-refractivity contribution is -0.307. The summed E-state index contributed by atoms with van der Waals surface area (Å²) in [4.78, 5) is 11.4. The maximum atomic E-state index is 12.6. The van der Waals surface area contributed by atoms with E-state index in [-0.39, 0.29) is 11.3 Å². The van der Waals surface area contributed by atoms with Gasteiger partial charge in [0.1, 0.15) is 0 Å². The van der Waals surface area contributed by atoms with Crippen LogP contribution < -0.4 is 9.83 Å². The summed E-state index contributed by atoms with van der Waals surface area (Å²) in [7, 11) is -3.99. The van der Waals surface area contributed by atoms with Crippen molar-refractivity contribution in [2.24, 2.45) is 0 Å². The minimum atomic E-state index is -3.99. The second kappa shape index (κ2) is 7.04. The summed E-state index contributed by atoms with van der Waals surface area (Å²) in [5.74, 6) is -1.46. The van der Waals surface area contributed by atoms with Crippen LogP contribution >= 0.6 is 0 Å². The summed E-state index contributed by atoms with van der Waals surface area (Å²) in [5.41, 5.74) is 0.706. The first kappa shape index (κ1) is 17.1. The van der Waals surface area contributed by atoms with Crippen molar-refractivity contribution in [3.8, 4) is 0 Å². The Bertz CT molecular complexity index is 1000. The van der Waals surface area contributed by atoms with E-state index in [0.717, 1.165) is 10.8 Å². The van der Waals surface area contributed by atoms with Crippen LogP contribution in [0.15, 0.2) is 77.7 Å². The number of fused-ring (bicyclic) bond motifs is 1. The number of aliphatic carboxylic acids is 1. The molecule has 0 aliphatic heterocycles. The average Bonchev–Trinajstić information content (AvgIpc) is 2.61. The van der Waals surface area contributed by atoms with Gasteiger partial charge in [0.15, 0.2) is 0 Å². The molecule has 5 nitrogen and oxygen atoms in total. The van der Waals surface area contributed by atoms with Gasteiger partial charge >= 0.3 is 0 Å². The van der Waals surface area contributed by atoms with Crippen LogP contribution in [0.5, 0.6) is 0 Å². The molecule has 0 heterocycles. The minimum Gasteiger partial charge on any atom is -0.548 e. The molecule has 128 valence electrons. The number of hydrogen-bond acceptors (Lipinski definition) is 4. The molecular formula is C19H16NO4S-. The lowest BCUT2D eigenvalue weighted by atomic mass is 10.1. The summed E-state index contributed by atoms with van der Waals surface area (Å²) in [6.07, 6.45) is 0.00991. The molecule has 0 saturated heterocycles. The first-order valence-corrected chi connectivity index (χ1v) is 9.20. The minimum absolute atomic E-state index is 0.00991. The molecule has 0 aliphatic carbocycles. The largest absolute Gasteiger partial charge is 0.548 e. The molecule has 0 radical (unpaired) electrons. The first-order chi connectivity index (χ1) is 12.0. The van der Waals surface area contributed by atoms with Gasteiger partial charge in [-0.25, -0.2) is 13.1 Å². The van der Waals surface area contributed by atoms with E-state index in [1.54, 1.807) is 42.5 Å². The van der Waals surface area contributed by atoms with Crippen LogP contribution in [-0.4, -0.2) is 20.4 Å². The number of rotatable bonds is 6. The molecular weight excluding hydrogens is 338 g/mol. The van der Waals surface area contributed by atoms with Crippen molar-refractivity contribution in [2.75, 3.05) is 0 Å². The zero-order valence-corrected chi connectivity index (χ0v) is 14.1. The summed E-state index contributed by atoms with van der Waals surface area (Å²) in [6, 6.07) is 19.5. The van der Waals surface area contributed by atoms with Crippen LogP contribution in [-0.2, 0) is 21.2 Å². The van der Waals surface area contributed by atoms with E-state index < -0.39 is 22.0 Å². The van der Waals surface area contributed by atoms with Crippen molar-refractivity contribution in [3.63, 3.8) is 0 Å². The molecule has 0 fully saturated rings. The van der Waals surface area contributed by atoms with Gasteiger partial charge in [0.05, 0.1) is 16.9 Å². The number of carboxylic acid groups (broad SMARTS) is 1. The van der Waals surface area contributed by atoms with Gasteiger partial charge in [0.25, 0.3) is 0 Å². The van der Waals surface area contributed by atoms with Gasteiger partial charge in [-0.15, -0.1) is 0 Å². The number of nitrogens with one attached hydrogen (secondary N) is 1. The highest BCUT2D eigenvalue weighted by molar-refractivity contribution is 7.89. The molecule has 3 aromatic carbocycles. The van der Waals surface area contributed by atoms with Crippen molar-refractivity contribution < 1.29 is 18.3 Å². The van der Waals surface area contributed by atoms with Gasteiger partial charge in [-0.05, 0) is 34.9 Å². The zero-order chi connectivity index (χ0) is 17.9. The number of carbonyl (C=O) groups is 1. The number of carbonyl (C=O) groups excluding carboxylic acids is 1. The maximum Gasteiger partial charge on any atom is 0.241 e. The summed E-state index contributed by atoms with van der Waals surface area (Å²) in [5, 5.41) is 13.1. The molecule has 0 amide bonds. The smallest absolute Gasteiger partial charge is 0.241 e. The zero-order valence-electron chi connectivity index (χ0n) is 13.3. The molecule has 0 unspecified atom stereocenters.